The van der Waals surface area contributed by atoms with E-state index in [1.807, 2.05) is 24.4 Å². The Bertz CT molecular complexity index is 2430. The van der Waals surface area contributed by atoms with E-state index in [0.717, 1.165) is 68.9 Å². The molecule has 4 nitrogen and oxygen atoms in total. The maximum absolute atomic E-state index is 6.48. The number of fused-ring (bicyclic) bond motifs is 3. The quantitative estimate of drug-likeness (QED) is 0.112. The summed E-state index contributed by atoms with van der Waals surface area (Å²) in [5.41, 5.74) is 15.3. The van der Waals surface area contributed by atoms with Gasteiger partial charge in [-0.2, -0.15) is 0 Å². The van der Waals surface area contributed by atoms with Crippen LogP contribution in [0.5, 0.6) is 0 Å². The number of nitrogens with zero attached hydrogens (tertiary/aromatic N) is 3. The first-order valence-electron chi connectivity index (χ1n) is 20.1. The molecule has 0 aliphatic heterocycles. The molecule has 1 saturated carbocycles. The fourth-order valence-corrected chi connectivity index (χ4v) is 11.9. The van der Waals surface area contributed by atoms with Crippen LogP contribution in [0.1, 0.15) is 72.9 Å². The third-order valence-corrected chi connectivity index (χ3v) is 15.4. The first kappa shape index (κ1) is 41.7. The Balaban J connectivity index is 0.000000217. The van der Waals surface area contributed by atoms with Gasteiger partial charge in [-0.05, 0) is 68.1 Å². The average Bonchev–Trinajstić information content (AvgIpc) is 3.80. The van der Waals surface area contributed by atoms with Crippen LogP contribution in [-0.2, 0) is 32.9 Å². The molecule has 1 aliphatic rings. The van der Waals surface area contributed by atoms with Crippen molar-refractivity contribution in [3.05, 3.63) is 131 Å². The molecule has 4 heterocycles. The predicted octanol–water partition coefficient (Wildman–Crippen LogP) is 12.8. The summed E-state index contributed by atoms with van der Waals surface area (Å²) in [4.78, 5) is 14.4. The molecule has 0 saturated heterocycles. The Kier molecular flexibility index (Phi) is 13.2. The number of aryl methyl sites for hydroxylation is 4. The van der Waals surface area contributed by atoms with E-state index >= 15 is 0 Å². The number of furan rings is 1. The molecule has 8 rings (SSSR count). The van der Waals surface area contributed by atoms with Crippen LogP contribution in [0.4, 0.5) is 0 Å². The van der Waals surface area contributed by atoms with Crippen LogP contribution >= 0.6 is 0 Å². The van der Waals surface area contributed by atoms with Crippen LogP contribution in [0.3, 0.4) is 0 Å². The van der Waals surface area contributed by atoms with Crippen LogP contribution in [0.2, 0.25) is 17.3 Å². The summed E-state index contributed by atoms with van der Waals surface area (Å²) >= 11 is -1.86. The average molecular weight is 979 g/mol. The van der Waals surface area contributed by atoms with Crippen molar-refractivity contribution in [2.45, 2.75) is 97.3 Å². The van der Waals surface area contributed by atoms with E-state index in [9.17, 15) is 0 Å². The Morgan fingerprint density at radius 3 is 2.25 bits per heavy atom. The van der Waals surface area contributed by atoms with Crippen LogP contribution < -0.4 is 4.40 Å². The molecule has 1 fully saturated rings. The van der Waals surface area contributed by atoms with E-state index in [0.29, 0.717) is 11.6 Å². The van der Waals surface area contributed by atoms with Gasteiger partial charge in [-0.15, -0.1) is 17.7 Å². The second-order valence-electron chi connectivity index (χ2n) is 17.2. The fraction of sp³-hybridized carbons (Fsp3) is 0.340. The standard InChI is InChI=1S/C32H31N2O.C18H24GeN.Ir/c1-19-15-21(3)29(22(4)16-19)27-12-11-26-30-20(2)9-10-25(31(30)35-32(26)34-27)28-18-24(13-14-33-28)17-23-7-5-6-8-23;1-14(2)11-16-12-18(15-9-7-6-8-10-15)20-13-17(16)19(3,4)5;/h9,11-16,18,23H,5-8,17H2,1-4H3;6-9,12-14H,11H2,1-5H3;/q2*-1;. The van der Waals surface area contributed by atoms with Crippen LogP contribution in [0.15, 0.2) is 89.6 Å². The van der Waals surface area contributed by atoms with Gasteiger partial charge in [0, 0.05) is 37.3 Å². The van der Waals surface area contributed by atoms with E-state index in [4.69, 9.17) is 19.4 Å². The van der Waals surface area contributed by atoms with Gasteiger partial charge in [0.2, 0.25) is 5.71 Å². The summed E-state index contributed by atoms with van der Waals surface area (Å²) in [5.74, 6) is 8.79. The van der Waals surface area contributed by atoms with Crippen LogP contribution in [-0.4, -0.2) is 28.2 Å². The molecule has 56 heavy (non-hydrogen) atoms. The van der Waals surface area contributed by atoms with Crippen molar-refractivity contribution >= 4 is 39.7 Å². The minimum Gasteiger partial charge on any atom is -0.486 e. The topological polar surface area (TPSA) is 51.8 Å². The number of hydrogen-bond donors (Lipinski definition) is 0. The van der Waals surface area contributed by atoms with E-state index in [1.165, 1.54) is 59.1 Å². The summed E-state index contributed by atoms with van der Waals surface area (Å²) in [5, 5.41) is 2.15. The summed E-state index contributed by atoms with van der Waals surface area (Å²) in [7, 11) is 0. The van der Waals surface area contributed by atoms with E-state index in [-0.39, 0.29) is 20.1 Å². The molecule has 0 N–H and O–H groups in total. The third-order valence-electron chi connectivity index (χ3n) is 11.0. The minimum absolute atomic E-state index is 0. The van der Waals surface area contributed by atoms with Crippen molar-refractivity contribution in [1.82, 2.24) is 15.0 Å². The Hall–Kier alpha value is -3.90. The Morgan fingerprint density at radius 2 is 1.57 bits per heavy atom. The monoisotopic (exact) mass is 980 g/mol. The molecule has 1 aliphatic carbocycles. The molecular formula is C50H55GeIrN3O-2. The van der Waals surface area contributed by atoms with Gasteiger partial charge >= 0.3 is 126 Å². The maximum Gasteiger partial charge on any atom is 0.216 e. The Labute approximate surface area is 350 Å². The smallest absolute Gasteiger partial charge is 0.216 e. The molecule has 3 aromatic carbocycles. The van der Waals surface area contributed by atoms with Gasteiger partial charge in [-0.1, -0.05) is 72.9 Å². The molecule has 291 valence electrons. The van der Waals surface area contributed by atoms with E-state index in [2.05, 4.69) is 132 Å². The minimum atomic E-state index is -1.86. The zero-order chi connectivity index (χ0) is 38.9. The summed E-state index contributed by atoms with van der Waals surface area (Å²) < 4.78 is 8.02. The van der Waals surface area contributed by atoms with Gasteiger partial charge in [-0.3, -0.25) is 0 Å². The van der Waals surface area contributed by atoms with Gasteiger partial charge in [0.05, 0.1) is 11.3 Å². The van der Waals surface area contributed by atoms with Gasteiger partial charge < -0.3 is 9.40 Å². The molecule has 6 heteroatoms. The first-order valence-corrected chi connectivity index (χ1v) is 27.4. The van der Waals surface area contributed by atoms with Crippen molar-refractivity contribution < 1.29 is 24.5 Å². The van der Waals surface area contributed by atoms with E-state index in [1.54, 1.807) is 4.40 Å². The third kappa shape index (κ3) is 9.28. The molecular weight excluding hydrogens is 923 g/mol. The molecule has 0 spiro atoms. The maximum atomic E-state index is 6.48. The van der Waals surface area contributed by atoms with E-state index < -0.39 is 13.3 Å². The van der Waals surface area contributed by atoms with Gasteiger partial charge in [0.25, 0.3) is 0 Å². The number of pyridine rings is 3. The van der Waals surface area contributed by atoms with Gasteiger partial charge in [-0.25, -0.2) is 4.98 Å². The van der Waals surface area contributed by atoms with Crippen LogP contribution in [0.25, 0.3) is 55.8 Å². The van der Waals surface area contributed by atoms with Crippen molar-refractivity contribution in [2.24, 2.45) is 11.8 Å². The van der Waals surface area contributed by atoms with Gasteiger partial charge in [0.1, 0.15) is 0 Å². The molecule has 0 atom stereocenters. The number of benzene rings is 3. The molecule has 0 unspecified atom stereocenters. The number of hydrogen-bond acceptors (Lipinski definition) is 4. The summed E-state index contributed by atoms with van der Waals surface area (Å²) in [6.45, 7) is 13.1. The van der Waals surface area contributed by atoms with Crippen molar-refractivity contribution in [3.8, 4) is 33.8 Å². The zero-order valence-electron chi connectivity index (χ0n) is 34.6. The number of rotatable bonds is 8. The first-order chi connectivity index (χ1) is 26.4. The second kappa shape index (κ2) is 17.7. The predicted molar refractivity (Wildman–Crippen MR) is 234 cm³/mol. The van der Waals surface area contributed by atoms with Crippen LogP contribution in [0, 0.1) is 51.7 Å². The second-order valence-corrected chi connectivity index (χ2v) is 27.8. The largest absolute Gasteiger partial charge is 0.486 e. The molecule has 7 aromatic rings. The summed E-state index contributed by atoms with van der Waals surface area (Å²) in [6.07, 6.45) is 11.8. The number of aromatic nitrogens is 3. The van der Waals surface area contributed by atoms with Crippen molar-refractivity contribution in [2.75, 3.05) is 0 Å². The molecule has 0 bridgehead atoms. The molecule has 0 amide bonds. The molecule has 4 aromatic heterocycles. The normalized spacial score (nSPS) is 13.2. The summed E-state index contributed by atoms with van der Waals surface area (Å²) in [6, 6.07) is 32.3. The SMILES string of the molecule is CC(C)Cc1cc(-c2[c-]cccc2)nc[c]1[Ge]([CH3])([CH3])[CH3].Cc1cc(C)c(-c2ccc3c(n2)oc2c(-c4cc(CC5CCCC5)ccn4)[c-]cc(C)c23)c(C)c1.[Ir]. The van der Waals surface area contributed by atoms with Crippen molar-refractivity contribution in [3.63, 3.8) is 0 Å². The molecule has 1 radical (unpaired) electrons. The fourth-order valence-electron chi connectivity index (χ4n) is 8.54. The zero-order valence-corrected chi connectivity index (χ0v) is 39.1. The van der Waals surface area contributed by atoms with Gasteiger partial charge in [0.15, 0.2) is 0 Å². The Morgan fingerprint density at radius 1 is 0.821 bits per heavy atom. The van der Waals surface area contributed by atoms with Crippen molar-refractivity contribution in [1.29, 1.82) is 0 Å².